The molecule has 0 heterocycles. The van der Waals surface area contributed by atoms with E-state index in [9.17, 15) is 5.11 Å². The maximum atomic E-state index is 9.45. The third-order valence-corrected chi connectivity index (χ3v) is 3.20. The average molecular weight is 184 g/mol. The van der Waals surface area contributed by atoms with Gasteiger partial charge in [-0.3, -0.25) is 0 Å². The monoisotopic (exact) mass is 184 g/mol. The smallest absolute Gasteiger partial charge is 0.0721 e. The van der Waals surface area contributed by atoms with Gasteiger partial charge in [-0.05, 0) is 37.7 Å². The molecule has 2 atom stereocenters. The SMILES string of the molecule is CC(=C(C)C(C)C(C)(C)C)C(C)O. The van der Waals surface area contributed by atoms with E-state index in [1.807, 2.05) is 13.8 Å². The third kappa shape index (κ3) is 3.51. The fourth-order valence-corrected chi connectivity index (χ4v) is 1.32. The Labute approximate surface area is 82.9 Å². The van der Waals surface area contributed by atoms with E-state index in [0.29, 0.717) is 5.92 Å². The fraction of sp³-hybridized carbons (Fsp3) is 0.833. The van der Waals surface area contributed by atoms with Crippen LogP contribution in [0.2, 0.25) is 0 Å². The van der Waals surface area contributed by atoms with Crippen molar-refractivity contribution in [3.63, 3.8) is 0 Å². The Hall–Kier alpha value is -0.300. The Balaban J connectivity index is 4.78. The minimum atomic E-state index is -0.315. The first-order valence-corrected chi connectivity index (χ1v) is 5.03. The standard InChI is InChI=1S/C12H24O/c1-8(9(2)11(4)13)10(3)12(5,6)7/h10-11,13H,1-7H3. The first kappa shape index (κ1) is 12.7. The van der Waals surface area contributed by atoms with E-state index in [1.54, 1.807) is 0 Å². The molecule has 2 unspecified atom stereocenters. The molecule has 0 amide bonds. The van der Waals surface area contributed by atoms with Gasteiger partial charge in [0, 0.05) is 0 Å². The summed E-state index contributed by atoms with van der Waals surface area (Å²) in [7, 11) is 0. The molecule has 1 N–H and O–H groups in total. The molecule has 0 rings (SSSR count). The lowest BCUT2D eigenvalue weighted by Crippen LogP contribution is -2.20. The van der Waals surface area contributed by atoms with Gasteiger partial charge in [-0.2, -0.15) is 0 Å². The van der Waals surface area contributed by atoms with E-state index < -0.39 is 0 Å². The molecule has 1 nitrogen and oxygen atoms in total. The van der Waals surface area contributed by atoms with Crippen molar-refractivity contribution in [3.05, 3.63) is 11.1 Å². The van der Waals surface area contributed by atoms with Gasteiger partial charge >= 0.3 is 0 Å². The highest BCUT2D eigenvalue weighted by Gasteiger charge is 2.23. The van der Waals surface area contributed by atoms with Crippen LogP contribution in [0.3, 0.4) is 0 Å². The minimum Gasteiger partial charge on any atom is -0.389 e. The molecule has 0 aromatic rings. The van der Waals surface area contributed by atoms with Crippen molar-refractivity contribution in [3.8, 4) is 0 Å². The maximum absolute atomic E-state index is 9.45. The number of rotatable bonds is 2. The molecule has 1 heteroatoms. The van der Waals surface area contributed by atoms with Crippen LogP contribution >= 0.6 is 0 Å². The quantitative estimate of drug-likeness (QED) is 0.652. The molecule has 0 aliphatic rings. The van der Waals surface area contributed by atoms with Crippen LogP contribution in [0.1, 0.15) is 48.5 Å². The van der Waals surface area contributed by atoms with Crippen LogP contribution in [-0.2, 0) is 0 Å². The molecule has 78 valence electrons. The molecule has 0 spiro atoms. The fourth-order valence-electron chi connectivity index (χ4n) is 1.32. The van der Waals surface area contributed by atoms with E-state index in [1.165, 1.54) is 5.57 Å². The topological polar surface area (TPSA) is 20.2 Å². The predicted octanol–water partition coefficient (Wildman–Crippen LogP) is 3.39. The van der Waals surface area contributed by atoms with E-state index in [-0.39, 0.29) is 11.5 Å². The van der Waals surface area contributed by atoms with Crippen molar-refractivity contribution in [1.29, 1.82) is 0 Å². The summed E-state index contributed by atoms with van der Waals surface area (Å²) < 4.78 is 0. The molecule has 0 radical (unpaired) electrons. The Morgan fingerprint density at radius 2 is 1.38 bits per heavy atom. The molecule has 0 aliphatic carbocycles. The Bertz CT molecular complexity index is 194. The summed E-state index contributed by atoms with van der Waals surface area (Å²) in [6.07, 6.45) is -0.315. The van der Waals surface area contributed by atoms with Crippen LogP contribution in [0.5, 0.6) is 0 Å². The lowest BCUT2D eigenvalue weighted by molar-refractivity contribution is 0.224. The van der Waals surface area contributed by atoms with E-state index in [2.05, 4.69) is 34.6 Å². The summed E-state index contributed by atoms with van der Waals surface area (Å²) in [5.74, 6) is 0.516. The number of hydrogen-bond donors (Lipinski definition) is 1. The first-order valence-electron chi connectivity index (χ1n) is 5.03. The average Bonchev–Trinajstić information content (AvgIpc) is 1.98. The molecular weight excluding hydrogens is 160 g/mol. The minimum absolute atomic E-state index is 0.278. The molecule has 0 aromatic heterocycles. The van der Waals surface area contributed by atoms with E-state index >= 15 is 0 Å². The largest absolute Gasteiger partial charge is 0.389 e. The second-order valence-corrected chi connectivity index (χ2v) is 5.13. The van der Waals surface area contributed by atoms with Crippen molar-refractivity contribution in [2.45, 2.75) is 54.6 Å². The van der Waals surface area contributed by atoms with Crippen LogP contribution in [0, 0.1) is 11.3 Å². The van der Waals surface area contributed by atoms with Gasteiger partial charge in [-0.25, -0.2) is 0 Å². The van der Waals surface area contributed by atoms with Gasteiger partial charge in [-0.15, -0.1) is 0 Å². The number of aliphatic hydroxyl groups is 1. The normalized spacial score (nSPS) is 19.4. The summed E-state index contributed by atoms with van der Waals surface area (Å²) in [5, 5.41) is 9.45. The number of hydrogen-bond acceptors (Lipinski definition) is 1. The Morgan fingerprint density at radius 3 is 1.62 bits per heavy atom. The molecule has 0 saturated heterocycles. The highest BCUT2D eigenvalue weighted by molar-refractivity contribution is 5.17. The summed E-state index contributed by atoms with van der Waals surface area (Å²) in [4.78, 5) is 0. The molecule has 0 fully saturated rings. The van der Waals surface area contributed by atoms with E-state index in [4.69, 9.17) is 0 Å². The van der Waals surface area contributed by atoms with Crippen LogP contribution in [-0.4, -0.2) is 11.2 Å². The second-order valence-electron chi connectivity index (χ2n) is 5.13. The summed E-state index contributed by atoms with van der Waals surface area (Å²) in [5.41, 5.74) is 2.71. The Morgan fingerprint density at radius 1 is 1.00 bits per heavy atom. The van der Waals surface area contributed by atoms with Gasteiger partial charge in [0.15, 0.2) is 0 Å². The summed E-state index contributed by atoms with van der Waals surface area (Å²) >= 11 is 0. The van der Waals surface area contributed by atoms with Crippen LogP contribution in [0.25, 0.3) is 0 Å². The Kier molecular flexibility index (Phi) is 4.18. The maximum Gasteiger partial charge on any atom is 0.0721 e. The third-order valence-electron chi connectivity index (χ3n) is 3.20. The number of allylic oxidation sites excluding steroid dienone is 1. The van der Waals surface area contributed by atoms with Gasteiger partial charge in [0.1, 0.15) is 0 Å². The zero-order valence-electron chi connectivity index (χ0n) is 10.1. The highest BCUT2D eigenvalue weighted by atomic mass is 16.3. The molecule has 0 aromatic carbocycles. The van der Waals surface area contributed by atoms with Gasteiger partial charge < -0.3 is 5.11 Å². The number of aliphatic hydroxyl groups excluding tert-OH is 1. The second kappa shape index (κ2) is 4.28. The highest BCUT2D eigenvalue weighted by Crippen LogP contribution is 2.33. The lowest BCUT2D eigenvalue weighted by atomic mass is 9.76. The molecule has 0 bridgehead atoms. The lowest BCUT2D eigenvalue weighted by Gasteiger charge is -2.30. The zero-order chi connectivity index (χ0) is 10.8. The van der Waals surface area contributed by atoms with Gasteiger partial charge in [0.2, 0.25) is 0 Å². The summed E-state index contributed by atoms with van der Waals surface area (Å²) in [6, 6.07) is 0. The molecule has 0 saturated carbocycles. The van der Waals surface area contributed by atoms with Crippen molar-refractivity contribution in [1.82, 2.24) is 0 Å². The van der Waals surface area contributed by atoms with Crippen LogP contribution in [0.4, 0.5) is 0 Å². The molecular formula is C12H24O. The van der Waals surface area contributed by atoms with Crippen molar-refractivity contribution < 1.29 is 5.11 Å². The zero-order valence-corrected chi connectivity index (χ0v) is 10.1. The van der Waals surface area contributed by atoms with Crippen LogP contribution in [0.15, 0.2) is 11.1 Å². The van der Waals surface area contributed by atoms with Crippen molar-refractivity contribution in [2.75, 3.05) is 0 Å². The van der Waals surface area contributed by atoms with Crippen molar-refractivity contribution >= 4 is 0 Å². The molecule has 13 heavy (non-hydrogen) atoms. The van der Waals surface area contributed by atoms with Crippen molar-refractivity contribution in [2.24, 2.45) is 11.3 Å². The predicted molar refractivity (Wildman–Crippen MR) is 58.7 cm³/mol. The summed E-state index contributed by atoms with van der Waals surface area (Å²) in [6.45, 7) is 14.9. The van der Waals surface area contributed by atoms with Gasteiger partial charge in [0.25, 0.3) is 0 Å². The molecule has 0 aliphatic heterocycles. The van der Waals surface area contributed by atoms with E-state index in [0.717, 1.165) is 5.57 Å². The van der Waals surface area contributed by atoms with Gasteiger partial charge in [-0.1, -0.05) is 33.3 Å². The van der Waals surface area contributed by atoms with Gasteiger partial charge in [0.05, 0.1) is 6.10 Å². The van der Waals surface area contributed by atoms with Crippen LogP contribution < -0.4 is 0 Å². The first-order chi connectivity index (χ1) is 5.68.